The maximum Gasteiger partial charge on any atom is 0.338 e. The number of amides is 1. The van der Waals surface area contributed by atoms with E-state index in [1.54, 1.807) is 6.07 Å². The first-order valence-corrected chi connectivity index (χ1v) is 9.35. The lowest BCUT2D eigenvalue weighted by molar-refractivity contribution is -0.384. The van der Waals surface area contributed by atoms with E-state index in [0.29, 0.717) is 5.56 Å². The molecule has 0 saturated carbocycles. The maximum atomic E-state index is 12.4. The molecular formula is C21H22N2O6. The van der Waals surface area contributed by atoms with Crippen LogP contribution in [0.25, 0.3) is 0 Å². The van der Waals surface area contributed by atoms with Gasteiger partial charge in [0.1, 0.15) is 5.75 Å². The molecule has 0 bridgehead atoms. The van der Waals surface area contributed by atoms with Crippen molar-refractivity contribution < 1.29 is 24.0 Å². The van der Waals surface area contributed by atoms with Crippen LogP contribution < -0.4 is 10.1 Å². The summed E-state index contributed by atoms with van der Waals surface area (Å²) >= 11 is 0. The zero-order chi connectivity index (χ0) is 21.0. The Balaban J connectivity index is 1.68. The van der Waals surface area contributed by atoms with Crippen LogP contribution in [0.4, 0.5) is 11.4 Å². The average Bonchev–Trinajstić information content (AvgIpc) is 2.73. The summed E-state index contributed by atoms with van der Waals surface area (Å²) in [7, 11) is 1.39. The zero-order valence-electron chi connectivity index (χ0n) is 16.3. The second kappa shape index (κ2) is 8.72. The molecule has 0 unspecified atom stereocenters. The average molecular weight is 398 g/mol. The molecule has 1 aliphatic rings. The summed E-state index contributed by atoms with van der Waals surface area (Å²) in [5.41, 5.74) is 2.72. The summed E-state index contributed by atoms with van der Waals surface area (Å²) in [4.78, 5) is 35.3. The van der Waals surface area contributed by atoms with Gasteiger partial charge in [0.05, 0.1) is 23.3 Å². The van der Waals surface area contributed by atoms with Crippen molar-refractivity contribution in [3.05, 3.63) is 63.2 Å². The first-order valence-electron chi connectivity index (χ1n) is 9.35. The number of carbonyl (C=O) groups excluding carboxylic acids is 2. The third-order valence-corrected chi connectivity index (χ3v) is 4.89. The van der Waals surface area contributed by atoms with E-state index in [0.717, 1.165) is 31.2 Å². The third-order valence-electron chi connectivity index (χ3n) is 4.89. The highest BCUT2D eigenvalue weighted by Crippen LogP contribution is 2.29. The molecule has 2 aromatic carbocycles. The number of anilines is 1. The molecule has 0 saturated heterocycles. The van der Waals surface area contributed by atoms with Gasteiger partial charge in [-0.2, -0.15) is 0 Å². The van der Waals surface area contributed by atoms with Gasteiger partial charge in [-0.15, -0.1) is 0 Å². The summed E-state index contributed by atoms with van der Waals surface area (Å²) in [5.74, 6) is -0.945. The molecule has 0 radical (unpaired) electrons. The molecule has 3 rings (SSSR count). The van der Waals surface area contributed by atoms with E-state index in [2.05, 4.69) is 5.32 Å². The van der Waals surface area contributed by atoms with Gasteiger partial charge >= 0.3 is 5.97 Å². The Kier molecular flexibility index (Phi) is 6.11. The quantitative estimate of drug-likeness (QED) is 0.452. The summed E-state index contributed by atoms with van der Waals surface area (Å²) in [6, 6.07) is 9.32. The van der Waals surface area contributed by atoms with Crippen molar-refractivity contribution >= 4 is 23.3 Å². The summed E-state index contributed by atoms with van der Waals surface area (Å²) < 4.78 is 10.4. The van der Waals surface area contributed by atoms with Crippen LogP contribution in [0.3, 0.4) is 0 Å². The second-order valence-electron chi connectivity index (χ2n) is 6.87. The normalized spacial score (nSPS) is 13.7. The molecular weight excluding hydrogens is 376 g/mol. The number of hydrogen-bond acceptors (Lipinski definition) is 6. The number of non-ortho nitro benzene ring substituents is 1. The van der Waals surface area contributed by atoms with E-state index < -0.39 is 22.9 Å². The molecule has 1 atom stereocenters. The highest BCUT2D eigenvalue weighted by Gasteiger charge is 2.22. The van der Waals surface area contributed by atoms with Gasteiger partial charge in [-0.05, 0) is 61.9 Å². The van der Waals surface area contributed by atoms with Gasteiger partial charge in [0.2, 0.25) is 0 Å². The van der Waals surface area contributed by atoms with Crippen molar-refractivity contribution in [2.75, 3.05) is 12.4 Å². The van der Waals surface area contributed by atoms with Crippen LogP contribution >= 0.6 is 0 Å². The molecule has 8 heteroatoms. The Hall–Kier alpha value is -3.42. The van der Waals surface area contributed by atoms with Gasteiger partial charge < -0.3 is 14.8 Å². The van der Waals surface area contributed by atoms with Gasteiger partial charge in [0, 0.05) is 12.1 Å². The fourth-order valence-corrected chi connectivity index (χ4v) is 3.28. The minimum atomic E-state index is -1.09. The van der Waals surface area contributed by atoms with Crippen molar-refractivity contribution in [2.45, 2.75) is 38.7 Å². The number of benzene rings is 2. The van der Waals surface area contributed by atoms with Crippen molar-refractivity contribution in [3.8, 4) is 5.75 Å². The Labute approximate surface area is 168 Å². The standard InChI is InChI=1S/C21H22N2O6/c1-13(20(24)22-18-12-17(23(26)27)9-10-19(18)28-2)29-21(25)16-8-7-14-5-3-4-6-15(14)11-16/h7-13H,3-6H2,1-2H3,(H,22,24)/t13-/m0/s1. The first kappa shape index (κ1) is 20.3. The highest BCUT2D eigenvalue weighted by molar-refractivity contribution is 5.98. The summed E-state index contributed by atoms with van der Waals surface area (Å²) in [6.07, 6.45) is 3.08. The number of nitro groups is 1. The molecule has 0 spiro atoms. The highest BCUT2D eigenvalue weighted by atomic mass is 16.6. The van der Waals surface area contributed by atoms with Crippen LogP contribution in [-0.4, -0.2) is 30.0 Å². The number of methoxy groups -OCH3 is 1. The van der Waals surface area contributed by atoms with Crippen LogP contribution in [0, 0.1) is 10.1 Å². The van der Waals surface area contributed by atoms with Crippen LogP contribution in [0.5, 0.6) is 5.75 Å². The summed E-state index contributed by atoms with van der Waals surface area (Å²) in [6.45, 7) is 1.44. The molecule has 0 heterocycles. The van der Waals surface area contributed by atoms with Crippen LogP contribution in [-0.2, 0) is 22.4 Å². The van der Waals surface area contributed by atoms with Gasteiger partial charge in [-0.3, -0.25) is 14.9 Å². The fraction of sp³-hybridized carbons (Fsp3) is 0.333. The summed E-state index contributed by atoms with van der Waals surface area (Å²) in [5, 5.41) is 13.5. The minimum absolute atomic E-state index is 0.128. The van der Waals surface area contributed by atoms with Crippen molar-refractivity contribution in [1.82, 2.24) is 0 Å². The molecule has 29 heavy (non-hydrogen) atoms. The lowest BCUT2D eigenvalue weighted by atomic mass is 9.90. The van der Waals surface area contributed by atoms with Gasteiger partial charge in [-0.1, -0.05) is 6.07 Å². The molecule has 2 aromatic rings. The van der Waals surface area contributed by atoms with Crippen molar-refractivity contribution in [3.63, 3.8) is 0 Å². The van der Waals surface area contributed by atoms with E-state index in [1.807, 2.05) is 12.1 Å². The van der Waals surface area contributed by atoms with Crippen LogP contribution in [0.2, 0.25) is 0 Å². The SMILES string of the molecule is COc1ccc([N+](=O)[O-])cc1NC(=O)[C@H](C)OC(=O)c1ccc2c(c1)CCCC2. The number of rotatable bonds is 6. The Morgan fingerprint density at radius 2 is 1.83 bits per heavy atom. The van der Waals surface area contributed by atoms with Gasteiger partial charge in [0.15, 0.2) is 6.10 Å². The number of hydrogen-bond donors (Lipinski definition) is 1. The molecule has 152 valence electrons. The van der Waals surface area contributed by atoms with E-state index in [4.69, 9.17) is 9.47 Å². The number of aryl methyl sites for hydroxylation is 2. The third kappa shape index (κ3) is 4.71. The smallest absolute Gasteiger partial charge is 0.338 e. The van der Waals surface area contributed by atoms with Gasteiger partial charge in [0.25, 0.3) is 11.6 Å². The van der Waals surface area contributed by atoms with E-state index in [-0.39, 0.29) is 17.1 Å². The Morgan fingerprint density at radius 1 is 1.10 bits per heavy atom. The maximum absolute atomic E-state index is 12.4. The Bertz CT molecular complexity index is 956. The number of fused-ring (bicyclic) bond motifs is 1. The molecule has 0 aliphatic heterocycles. The van der Waals surface area contributed by atoms with E-state index in [9.17, 15) is 19.7 Å². The van der Waals surface area contributed by atoms with Gasteiger partial charge in [-0.25, -0.2) is 4.79 Å². The first-order chi connectivity index (χ1) is 13.9. The largest absolute Gasteiger partial charge is 0.495 e. The number of nitrogens with one attached hydrogen (secondary N) is 1. The minimum Gasteiger partial charge on any atom is -0.495 e. The lowest BCUT2D eigenvalue weighted by Crippen LogP contribution is -2.30. The van der Waals surface area contributed by atoms with Crippen molar-refractivity contribution in [1.29, 1.82) is 0 Å². The molecule has 1 amide bonds. The Morgan fingerprint density at radius 3 is 2.52 bits per heavy atom. The number of nitrogens with zero attached hydrogens (tertiary/aromatic N) is 1. The number of carbonyl (C=O) groups is 2. The lowest BCUT2D eigenvalue weighted by Gasteiger charge is -2.18. The molecule has 0 fully saturated rings. The predicted molar refractivity (Wildman–Crippen MR) is 106 cm³/mol. The second-order valence-corrected chi connectivity index (χ2v) is 6.87. The monoisotopic (exact) mass is 398 g/mol. The van der Waals surface area contributed by atoms with E-state index in [1.165, 1.54) is 37.8 Å². The topological polar surface area (TPSA) is 108 Å². The molecule has 1 N–H and O–H groups in total. The number of esters is 1. The predicted octanol–water partition coefficient (Wildman–Crippen LogP) is 3.67. The number of ether oxygens (including phenoxy) is 2. The molecule has 1 aliphatic carbocycles. The van der Waals surface area contributed by atoms with Crippen LogP contribution in [0.15, 0.2) is 36.4 Å². The fourth-order valence-electron chi connectivity index (χ4n) is 3.28. The number of nitro benzene ring substituents is 1. The molecule has 8 nitrogen and oxygen atoms in total. The molecule has 0 aromatic heterocycles. The van der Waals surface area contributed by atoms with Crippen molar-refractivity contribution in [2.24, 2.45) is 0 Å². The zero-order valence-corrected chi connectivity index (χ0v) is 16.3. The van der Waals surface area contributed by atoms with Crippen LogP contribution in [0.1, 0.15) is 41.3 Å². The van der Waals surface area contributed by atoms with E-state index >= 15 is 0 Å².